The van der Waals surface area contributed by atoms with Crippen LogP contribution in [0.25, 0.3) is 0 Å². The Morgan fingerprint density at radius 1 is 1.33 bits per heavy atom. The first-order chi connectivity index (χ1) is 11.5. The highest BCUT2D eigenvalue weighted by atomic mass is 16.5. The van der Waals surface area contributed by atoms with Gasteiger partial charge in [-0.05, 0) is 64.9 Å². The van der Waals surface area contributed by atoms with Gasteiger partial charge in [0.25, 0.3) is 0 Å². The van der Waals surface area contributed by atoms with E-state index in [4.69, 9.17) is 9.47 Å². The lowest BCUT2D eigenvalue weighted by Gasteiger charge is -2.39. The van der Waals surface area contributed by atoms with Crippen LogP contribution >= 0.6 is 0 Å². The monoisotopic (exact) mass is 331 g/mol. The summed E-state index contributed by atoms with van der Waals surface area (Å²) in [6, 6.07) is 6.65. The van der Waals surface area contributed by atoms with Crippen LogP contribution in [0.1, 0.15) is 39.2 Å². The number of rotatable bonds is 5. The molecule has 0 unspecified atom stereocenters. The van der Waals surface area contributed by atoms with E-state index in [1.54, 1.807) is 0 Å². The second-order valence-electron chi connectivity index (χ2n) is 7.21. The summed E-state index contributed by atoms with van der Waals surface area (Å²) in [6.45, 7) is 7.69. The molecule has 24 heavy (non-hydrogen) atoms. The lowest BCUT2D eigenvalue weighted by molar-refractivity contribution is 0.137. The number of aliphatic hydroxyl groups excluding tert-OH is 1. The summed E-state index contributed by atoms with van der Waals surface area (Å²) in [7, 11) is 2.15. The molecule has 3 rings (SSSR count). The van der Waals surface area contributed by atoms with Gasteiger partial charge in [-0.2, -0.15) is 0 Å². The minimum absolute atomic E-state index is 0.0454. The number of likely N-dealkylation sites (tertiary alicyclic amines) is 1. The first-order valence-corrected chi connectivity index (χ1v) is 8.98. The molecule has 0 aromatic heterocycles. The van der Waals surface area contributed by atoms with Crippen molar-refractivity contribution in [3.05, 3.63) is 35.9 Å². The first-order valence-electron chi connectivity index (χ1n) is 8.98. The van der Waals surface area contributed by atoms with Crippen molar-refractivity contribution in [3.63, 3.8) is 0 Å². The van der Waals surface area contributed by atoms with E-state index in [9.17, 15) is 5.11 Å². The van der Waals surface area contributed by atoms with Crippen molar-refractivity contribution in [1.29, 1.82) is 0 Å². The third kappa shape index (κ3) is 3.05. The van der Waals surface area contributed by atoms with Crippen LogP contribution in [-0.4, -0.2) is 48.5 Å². The summed E-state index contributed by atoms with van der Waals surface area (Å²) in [5.41, 5.74) is 1.20. The fourth-order valence-electron chi connectivity index (χ4n) is 4.10. The average molecular weight is 331 g/mol. The Morgan fingerprint density at radius 2 is 2.12 bits per heavy atom. The molecule has 1 saturated heterocycles. The van der Waals surface area contributed by atoms with E-state index in [1.165, 1.54) is 5.56 Å². The van der Waals surface area contributed by atoms with Gasteiger partial charge in [-0.3, -0.25) is 0 Å². The van der Waals surface area contributed by atoms with E-state index in [0.717, 1.165) is 30.9 Å². The highest BCUT2D eigenvalue weighted by Crippen LogP contribution is 2.47. The molecule has 4 heteroatoms. The summed E-state index contributed by atoms with van der Waals surface area (Å²) in [5.74, 6) is 1.61. The highest BCUT2D eigenvalue weighted by molar-refractivity contribution is 5.49. The van der Waals surface area contributed by atoms with E-state index < -0.39 is 0 Å². The Labute approximate surface area is 145 Å². The highest BCUT2D eigenvalue weighted by Gasteiger charge is 2.48. The zero-order valence-electron chi connectivity index (χ0n) is 15.2. The molecule has 3 atom stereocenters. The Bertz CT molecular complexity index is 613. The molecule has 0 saturated carbocycles. The van der Waals surface area contributed by atoms with Gasteiger partial charge in [0, 0.05) is 11.5 Å². The van der Waals surface area contributed by atoms with Crippen LogP contribution < -0.4 is 9.47 Å². The van der Waals surface area contributed by atoms with Crippen molar-refractivity contribution >= 4 is 0 Å². The third-order valence-corrected chi connectivity index (χ3v) is 5.23. The maximum atomic E-state index is 10.1. The van der Waals surface area contributed by atoms with Gasteiger partial charge in [0.2, 0.25) is 0 Å². The molecule has 2 aliphatic rings. The van der Waals surface area contributed by atoms with E-state index in [0.29, 0.717) is 12.6 Å². The van der Waals surface area contributed by atoms with Crippen molar-refractivity contribution in [3.8, 4) is 11.5 Å². The number of benzene rings is 1. The van der Waals surface area contributed by atoms with Crippen molar-refractivity contribution in [2.24, 2.45) is 0 Å². The molecule has 1 aliphatic carbocycles. The molecule has 0 bridgehead atoms. The molecular weight excluding hydrogens is 302 g/mol. The van der Waals surface area contributed by atoms with Crippen LogP contribution in [0, 0.1) is 0 Å². The molecule has 1 N–H and O–H groups in total. The second kappa shape index (κ2) is 6.77. The maximum Gasteiger partial charge on any atom is 0.161 e. The van der Waals surface area contributed by atoms with Gasteiger partial charge in [-0.15, -0.1) is 0 Å². The fraction of sp³-hybridized carbons (Fsp3) is 0.600. The largest absolute Gasteiger partial charge is 0.490 e. The van der Waals surface area contributed by atoms with Crippen LogP contribution in [0.3, 0.4) is 0 Å². The zero-order chi connectivity index (χ0) is 17.3. The predicted molar refractivity (Wildman–Crippen MR) is 95.9 cm³/mol. The molecule has 1 aromatic rings. The minimum atomic E-state index is -0.349. The molecule has 4 nitrogen and oxygen atoms in total. The van der Waals surface area contributed by atoms with Crippen molar-refractivity contribution in [2.75, 3.05) is 20.2 Å². The Morgan fingerprint density at radius 3 is 2.83 bits per heavy atom. The summed E-state index contributed by atoms with van der Waals surface area (Å²) < 4.78 is 11.7. The molecule has 0 radical (unpaired) electrons. The van der Waals surface area contributed by atoms with E-state index >= 15 is 0 Å². The van der Waals surface area contributed by atoms with Crippen molar-refractivity contribution < 1.29 is 14.6 Å². The van der Waals surface area contributed by atoms with Gasteiger partial charge in [-0.1, -0.05) is 18.2 Å². The van der Waals surface area contributed by atoms with Crippen LogP contribution in [0.2, 0.25) is 0 Å². The zero-order valence-corrected chi connectivity index (χ0v) is 15.2. The molecular formula is C20H29NO3. The fourth-order valence-corrected chi connectivity index (χ4v) is 4.10. The maximum absolute atomic E-state index is 10.1. The van der Waals surface area contributed by atoms with Gasteiger partial charge < -0.3 is 19.5 Å². The Hall–Kier alpha value is -1.52. The molecule has 0 amide bonds. The topological polar surface area (TPSA) is 41.9 Å². The Balaban J connectivity index is 2.01. The van der Waals surface area contributed by atoms with Crippen molar-refractivity contribution in [2.45, 2.75) is 57.3 Å². The SMILES string of the molecule is CCOc1cc([C@@]23C=C[C@H](O)C[C@@H]2N(C)CC3)ccc1OC(C)C. The van der Waals surface area contributed by atoms with Crippen LogP contribution in [0.5, 0.6) is 11.5 Å². The van der Waals surface area contributed by atoms with Gasteiger partial charge >= 0.3 is 0 Å². The normalized spacial score (nSPS) is 29.8. The Kier molecular flexibility index (Phi) is 4.88. The number of likely N-dealkylation sites (N-methyl/N-ethyl adjacent to an activating group) is 1. The van der Waals surface area contributed by atoms with Crippen LogP contribution in [-0.2, 0) is 5.41 Å². The van der Waals surface area contributed by atoms with E-state index in [1.807, 2.05) is 32.9 Å². The van der Waals surface area contributed by atoms with Gasteiger partial charge in [0.05, 0.1) is 18.8 Å². The molecule has 0 spiro atoms. The van der Waals surface area contributed by atoms with Crippen LogP contribution in [0.4, 0.5) is 0 Å². The third-order valence-electron chi connectivity index (χ3n) is 5.23. The predicted octanol–water partition coefficient (Wildman–Crippen LogP) is 3.14. The number of ether oxygens (including phenoxy) is 2. The van der Waals surface area contributed by atoms with E-state index in [-0.39, 0.29) is 17.6 Å². The van der Waals surface area contributed by atoms with E-state index in [2.05, 4.69) is 30.2 Å². The first kappa shape index (κ1) is 17.3. The summed E-state index contributed by atoms with van der Waals surface area (Å²) >= 11 is 0. The second-order valence-corrected chi connectivity index (χ2v) is 7.21. The standard InChI is InChI=1S/C20H29NO3/c1-5-23-18-12-15(6-7-17(18)24-14(2)3)20-9-8-16(22)13-19(20)21(4)11-10-20/h6-9,12,14,16,19,22H,5,10-11,13H2,1-4H3/t16-,19-,20-/m0/s1. The number of aliphatic hydroxyl groups is 1. The molecule has 1 fully saturated rings. The molecule has 1 aromatic carbocycles. The smallest absolute Gasteiger partial charge is 0.161 e. The number of hydrogen-bond donors (Lipinski definition) is 1. The quantitative estimate of drug-likeness (QED) is 0.842. The van der Waals surface area contributed by atoms with Crippen molar-refractivity contribution in [1.82, 2.24) is 4.90 Å². The van der Waals surface area contributed by atoms with Gasteiger partial charge in [0.15, 0.2) is 11.5 Å². The molecule has 1 aliphatic heterocycles. The molecule has 1 heterocycles. The lowest BCUT2D eigenvalue weighted by Crippen LogP contribution is -2.44. The number of fused-ring (bicyclic) bond motifs is 1. The minimum Gasteiger partial charge on any atom is -0.490 e. The van der Waals surface area contributed by atoms with Crippen LogP contribution in [0.15, 0.2) is 30.4 Å². The average Bonchev–Trinajstić information content (AvgIpc) is 2.87. The number of nitrogens with zero attached hydrogens (tertiary/aromatic N) is 1. The summed E-state index contributed by atoms with van der Waals surface area (Å²) in [5, 5.41) is 10.1. The molecule has 132 valence electrons. The van der Waals surface area contributed by atoms with Gasteiger partial charge in [0.1, 0.15) is 0 Å². The lowest BCUT2D eigenvalue weighted by atomic mass is 9.69. The summed E-state index contributed by atoms with van der Waals surface area (Å²) in [6.07, 6.45) is 5.77. The van der Waals surface area contributed by atoms with Gasteiger partial charge in [-0.25, -0.2) is 0 Å². The summed E-state index contributed by atoms with van der Waals surface area (Å²) in [4.78, 5) is 2.37. The number of hydrogen-bond acceptors (Lipinski definition) is 4.